The number of halogens is 1. The van der Waals surface area contributed by atoms with Gasteiger partial charge >= 0.3 is 0 Å². The standard InChI is InChI=1S/C14H20ClN/c1-9-10(2)14-12(5-4-6-13(14)15)11(9)7-8-16-3/h4-6,9-11,16H,7-8H2,1-3H3/t9-,10?,11?/m1/s1. The van der Waals surface area contributed by atoms with E-state index in [1.165, 1.54) is 17.5 Å². The number of hydrogen-bond acceptors (Lipinski definition) is 1. The van der Waals surface area contributed by atoms with E-state index in [2.05, 4.69) is 31.3 Å². The van der Waals surface area contributed by atoms with E-state index >= 15 is 0 Å². The molecule has 2 unspecified atom stereocenters. The topological polar surface area (TPSA) is 12.0 Å². The second-order valence-corrected chi connectivity index (χ2v) is 5.30. The molecule has 2 heteroatoms. The summed E-state index contributed by atoms with van der Waals surface area (Å²) in [5.74, 6) is 1.95. The van der Waals surface area contributed by atoms with Gasteiger partial charge in [0, 0.05) is 5.02 Å². The van der Waals surface area contributed by atoms with Crippen molar-refractivity contribution in [3.8, 4) is 0 Å². The summed E-state index contributed by atoms with van der Waals surface area (Å²) in [5, 5.41) is 4.19. The Hall–Kier alpha value is -0.530. The lowest BCUT2D eigenvalue weighted by atomic mass is 9.87. The average Bonchev–Trinajstić information content (AvgIpc) is 2.51. The molecule has 0 saturated carbocycles. The van der Waals surface area contributed by atoms with Gasteiger partial charge in [-0.15, -0.1) is 0 Å². The molecule has 0 aliphatic heterocycles. The van der Waals surface area contributed by atoms with Crippen molar-refractivity contribution in [3.63, 3.8) is 0 Å². The van der Waals surface area contributed by atoms with E-state index in [1.54, 1.807) is 0 Å². The Morgan fingerprint density at radius 1 is 1.31 bits per heavy atom. The number of nitrogens with one attached hydrogen (secondary N) is 1. The summed E-state index contributed by atoms with van der Waals surface area (Å²) in [6.07, 6.45) is 1.20. The van der Waals surface area contributed by atoms with Gasteiger partial charge in [0.1, 0.15) is 0 Å². The summed E-state index contributed by atoms with van der Waals surface area (Å²) < 4.78 is 0. The van der Waals surface area contributed by atoms with E-state index in [-0.39, 0.29) is 0 Å². The van der Waals surface area contributed by atoms with E-state index in [0.29, 0.717) is 17.8 Å². The molecule has 0 amide bonds. The van der Waals surface area contributed by atoms with Gasteiger partial charge in [0.15, 0.2) is 0 Å². The highest BCUT2D eigenvalue weighted by atomic mass is 35.5. The normalized spacial score (nSPS) is 28.1. The van der Waals surface area contributed by atoms with Crippen molar-refractivity contribution >= 4 is 11.6 Å². The van der Waals surface area contributed by atoms with Crippen molar-refractivity contribution in [3.05, 3.63) is 34.3 Å². The Morgan fingerprint density at radius 2 is 2.06 bits per heavy atom. The molecular weight excluding hydrogens is 218 g/mol. The molecule has 1 aliphatic carbocycles. The summed E-state index contributed by atoms with van der Waals surface area (Å²) in [7, 11) is 2.02. The first-order chi connectivity index (χ1) is 7.66. The van der Waals surface area contributed by atoms with Crippen LogP contribution in [0.25, 0.3) is 0 Å². The van der Waals surface area contributed by atoms with Crippen LogP contribution in [0.4, 0.5) is 0 Å². The highest BCUT2D eigenvalue weighted by molar-refractivity contribution is 6.31. The molecule has 0 bridgehead atoms. The molecule has 1 aromatic carbocycles. The van der Waals surface area contributed by atoms with Gasteiger partial charge in [-0.3, -0.25) is 0 Å². The third kappa shape index (κ3) is 1.87. The maximum Gasteiger partial charge on any atom is 0.0443 e. The first-order valence-corrected chi connectivity index (χ1v) is 6.47. The molecule has 3 atom stereocenters. The van der Waals surface area contributed by atoms with Crippen molar-refractivity contribution in [1.29, 1.82) is 0 Å². The third-order valence-electron chi connectivity index (χ3n) is 4.07. The maximum atomic E-state index is 6.31. The lowest BCUT2D eigenvalue weighted by Gasteiger charge is -2.18. The fourth-order valence-corrected chi connectivity index (χ4v) is 3.32. The van der Waals surface area contributed by atoms with Gasteiger partial charge in [0.05, 0.1) is 0 Å². The van der Waals surface area contributed by atoms with Crippen LogP contribution in [0.2, 0.25) is 5.02 Å². The van der Waals surface area contributed by atoms with Gasteiger partial charge < -0.3 is 5.32 Å². The Bertz CT molecular complexity index is 375. The summed E-state index contributed by atoms with van der Waals surface area (Å²) in [5.41, 5.74) is 2.86. The van der Waals surface area contributed by atoms with E-state index < -0.39 is 0 Å². The fraction of sp³-hybridized carbons (Fsp3) is 0.571. The predicted molar refractivity (Wildman–Crippen MR) is 70.3 cm³/mol. The predicted octanol–water partition coefficient (Wildman–Crippen LogP) is 3.79. The van der Waals surface area contributed by atoms with Crippen molar-refractivity contribution < 1.29 is 0 Å². The van der Waals surface area contributed by atoms with E-state index in [1.807, 2.05) is 13.1 Å². The largest absolute Gasteiger partial charge is 0.320 e. The maximum absolute atomic E-state index is 6.31. The van der Waals surface area contributed by atoms with Gasteiger partial charge in [-0.25, -0.2) is 0 Å². The lowest BCUT2D eigenvalue weighted by molar-refractivity contribution is 0.417. The number of rotatable bonds is 3. The molecule has 1 aliphatic rings. The van der Waals surface area contributed by atoms with Crippen molar-refractivity contribution in [2.24, 2.45) is 5.92 Å². The molecule has 0 aromatic heterocycles. The molecule has 0 radical (unpaired) electrons. The monoisotopic (exact) mass is 237 g/mol. The van der Waals surface area contributed by atoms with Crippen LogP contribution in [0.3, 0.4) is 0 Å². The van der Waals surface area contributed by atoms with Gasteiger partial charge in [-0.2, -0.15) is 0 Å². The summed E-state index contributed by atoms with van der Waals surface area (Å²) in [6.45, 7) is 5.73. The van der Waals surface area contributed by atoms with Crippen LogP contribution in [0, 0.1) is 5.92 Å². The van der Waals surface area contributed by atoms with Crippen LogP contribution < -0.4 is 5.32 Å². The summed E-state index contributed by atoms with van der Waals surface area (Å²) >= 11 is 6.31. The Labute approximate surface area is 103 Å². The van der Waals surface area contributed by atoms with Gasteiger partial charge in [-0.05, 0) is 55.0 Å². The second kappa shape index (κ2) is 4.77. The molecule has 0 heterocycles. The number of hydrogen-bond donors (Lipinski definition) is 1. The van der Waals surface area contributed by atoms with Crippen LogP contribution >= 0.6 is 11.6 Å². The SMILES string of the molecule is CNCCC1c2cccc(Cl)c2C(C)[C@H]1C. The quantitative estimate of drug-likeness (QED) is 0.844. The second-order valence-electron chi connectivity index (χ2n) is 4.89. The Balaban J connectivity index is 2.34. The zero-order chi connectivity index (χ0) is 11.7. The minimum atomic E-state index is 0.588. The Morgan fingerprint density at radius 3 is 2.75 bits per heavy atom. The highest BCUT2D eigenvalue weighted by Gasteiger charge is 2.35. The molecule has 1 aromatic rings. The number of fused-ring (bicyclic) bond motifs is 1. The zero-order valence-electron chi connectivity index (χ0n) is 10.3. The smallest absolute Gasteiger partial charge is 0.0443 e. The van der Waals surface area contributed by atoms with Crippen LogP contribution in [0.1, 0.15) is 43.2 Å². The van der Waals surface area contributed by atoms with Crippen molar-refractivity contribution in [2.75, 3.05) is 13.6 Å². The van der Waals surface area contributed by atoms with E-state index in [0.717, 1.165) is 11.6 Å². The van der Waals surface area contributed by atoms with Crippen LogP contribution in [0.15, 0.2) is 18.2 Å². The first-order valence-electron chi connectivity index (χ1n) is 6.09. The third-order valence-corrected chi connectivity index (χ3v) is 4.40. The molecule has 2 rings (SSSR count). The average molecular weight is 238 g/mol. The fourth-order valence-electron chi connectivity index (χ4n) is 2.97. The van der Waals surface area contributed by atoms with Crippen molar-refractivity contribution in [1.82, 2.24) is 5.32 Å². The van der Waals surface area contributed by atoms with E-state index in [4.69, 9.17) is 11.6 Å². The molecule has 16 heavy (non-hydrogen) atoms. The van der Waals surface area contributed by atoms with Gasteiger partial charge in [0.2, 0.25) is 0 Å². The first kappa shape index (κ1) is 11.9. The van der Waals surface area contributed by atoms with Gasteiger partial charge in [-0.1, -0.05) is 37.6 Å². The van der Waals surface area contributed by atoms with Crippen LogP contribution in [0.5, 0.6) is 0 Å². The zero-order valence-corrected chi connectivity index (χ0v) is 11.0. The Kier molecular flexibility index (Phi) is 3.56. The lowest BCUT2D eigenvalue weighted by Crippen LogP contribution is -2.15. The molecular formula is C14H20ClN. The molecule has 0 fully saturated rings. The summed E-state index contributed by atoms with van der Waals surface area (Å²) in [6, 6.07) is 6.35. The molecule has 0 saturated heterocycles. The summed E-state index contributed by atoms with van der Waals surface area (Å²) in [4.78, 5) is 0. The molecule has 0 spiro atoms. The minimum Gasteiger partial charge on any atom is -0.320 e. The number of benzene rings is 1. The highest BCUT2D eigenvalue weighted by Crippen LogP contribution is 2.49. The molecule has 1 nitrogen and oxygen atoms in total. The van der Waals surface area contributed by atoms with Crippen molar-refractivity contribution in [2.45, 2.75) is 32.1 Å². The van der Waals surface area contributed by atoms with E-state index in [9.17, 15) is 0 Å². The molecule has 88 valence electrons. The minimum absolute atomic E-state index is 0.588. The van der Waals surface area contributed by atoms with Gasteiger partial charge in [0.25, 0.3) is 0 Å². The van der Waals surface area contributed by atoms with Crippen LogP contribution in [-0.2, 0) is 0 Å². The van der Waals surface area contributed by atoms with Crippen LogP contribution in [-0.4, -0.2) is 13.6 Å². The molecule has 1 N–H and O–H groups in total.